The Morgan fingerprint density at radius 1 is 1.34 bits per heavy atom. The van der Waals surface area contributed by atoms with E-state index in [1.807, 2.05) is 0 Å². The molecule has 0 radical (unpaired) electrons. The summed E-state index contributed by atoms with van der Waals surface area (Å²) in [5.41, 5.74) is 4.47. The molecule has 152 valence electrons. The third kappa shape index (κ3) is 4.31. The lowest BCUT2D eigenvalue weighted by Gasteiger charge is -2.34. The molecule has 1 amide bonds. The lowest BCUT2D eigenvalue weighted by atomic mass is 9.89. The van der Waals surface area contributed by atoms with Crippen LogP contribution in [0, 0.1) is 24.2 Å². The average Bonchev–Trinajstić information content (AvgIpc) is 3.04. The van der Waals surface area contributed by atoms with Crippen molar-refractivity contribution in [3.8, 4) is 6.07 Å². The molecule has 2 heterocycles. The van der Waals surface area contributed by atoms with Crippen LogP contribution in [-0.2, 0) is 17.6 Å². The fourth-order valence-electron chi connectivity index (χ4n) is 4.51. The van der Waals surface area contributed by atoms with E-state index >= 15 is 0 Å². The summed E-state index contributed by atoms with van der Waals surface area (Å²) in [6, 6.07) is 10.8. The molecule has 5 nitrogen and oxygen atoms in total. The third-order valence-electron chi connectivity index (χ3n) is 6.21. The second-order valence-electron chi connectivity index (χ2n) is 8.42. The number of benzene rings is 1. The Balaban J connectivity index is 1.34. The van der Waals surface area contributed by atoms with Gasteiger partial charge in [-0.05, 0) is 49.3 Å². The lowest BCUT2D eigenvalue weighted by molar-refractivity contribution is -0.892. The highest BCUT2D eigenvalue weighted by Crippen LogP contribution is 2.39. The number of thiophene rings is 1. The number of para-hydroxylation sites is 1. The second-order valence-corrected chi connectivity index (χ2v) is 9.52. The molecular formula is C23H29N4OS+. The minimum atomic E-state index is 0.0208. The van der Waals surface area contributed by atoms with E-state index in [-0.39, 0.29) is 5.91 Å². The number of nitrogens with one attached hydrogen (secondary N) is 2. The van der Waals surface area contributed by atoms with Crippen molar-refractivity contribution < 1.29 is 9.69 Å². The average molecular weight is 410 g/mol. The molecule has 2 aromatic rings. The molecule has 0 unspecified atom stereocenters. The number of aryl methyl sites for hydroxylation is 1. The Hall–Kier alpha value is -2.36. The minimum Gasteiger partial charge on any atom is -0.360 e. The highest BCUT2D eigenvalue weighted by Gasteiger charge is 2.27. The van der Waals surface area contributed by atoms with E-state index in [0.29, 0.717) is 18.0 Å². The quantitative estimate of drug-likeness (QED) is 0.815. The zero-order valence-corrected chi connectivity index (χ0v) is 18.1. The van der Waals surface area contributed by atoms with Gasteiger partial charge in [-0.1, -0.05) is 25.1 Å². The van der Waals surface area contributed by atoms with Gasteiger partial charge in [-0.25, -0.2) is 0 Å². The van der Waals surface area contributed by atoms with Crippen molar-refractivity contribution in [2.45, 2.75) is 33.1 Å². The van der Waals surface area contributed by atoms with E-state index in [1.54, 1.807) is 11.3 Å². The molecule has 0 bridgehead atoms. The fraction of sp³-hybridized carbons (Fsp3) is 0.478. The first-order chi connectivity index (χ1) is 14.0. The zero-order chi connectivity index (χ0) is 20.4. The van der Waals surface area contributed by atoms with E-state index in [2.05, 4.69) is 54.4 Å². The van der Waals surface area contributed by atoms with Crippen LogP contribution in [0.25, 0.3) is 0 Å². The molecular weight excluding hydrogens is 380 g/mol. The van der Waals surface area contributed by atoms with Gasteiger partial charge in [0.05, 0.1) is 31.7 Å². The number of hydrogen-bond acceptors (Lipinski definition) is 4. The topological polar surface area (TPSA) is 60.6 Å². The number of carbonyl (C=O) groups is 1. The van der Waals surface area contributed by atoms with Crippen molar-refractivity contribution in [3.05, 3.63) is 45.8 Å². The van der Waals surface area contributed by atoms with Crippen LogP contribution in [0.2, 0.25) is 0 Å². The van der Waals surface area contributed by atoms with E-state index in [1.165, 1.54) is 26.6 Å². The van der Waals surface area contributed by atoms with Crippen molar-refractivity contribution >= 4 is 27.9 Å². The van der Waals surface area contributed by atoms with Gasteiger partial charge < -0.3 is 15.1 Å². The van der Waals surface area contributed by atoms with Crippen LogP contribution in [0.5, 0.6) is 0 Å². The van der Waals surface area contributed by atoms with Gasteiger partial charge in [0.15, 0.2) is 6.54 Å². The number of carbonyl (C=O) groups excluding carboxylic acids is 1. The minimum absolute atomic E-state index is 0.0208. The maximum Gasteiger partial charge on any atom is 0.280 e. The summed E-state index contributed by atoms with van der Waals surface area (Å²) in [6.45, 7) is 8.69. The molecule has 0 spiro atoms. The summed E-state index contributed by atoms with van der Waals surface area (Å²) < 4.78 is 0. The summed E-state index contributed by atoms with van der Waals surface area (Å²) in [5, 5.41) is 13.4. The standard InChI is InChI=1S/C23H28N4OS/c1-16-7-8-18-19(14-24)23(29-21(18)13-16)25-22(28)15-26-9-11-27(12-10-26)20-6-4-3-5-17(20)2/h3-6,16H,7-13,15H2,1-2H3,(H,25,28)/p+1/t16-/m1/s1. The van der Waals surface area contributed by atoms with Crippen LogP contribution in [-0.4, -0.2) is 38.6 Å². The SMILES string of the molecule is Cc1ccccc1N1CC[NH+](CC(=O)Nc2sc3c(c2C#N)CC[C@@H](C)C3)CC1. The number of piperazine rings is 1. The molecule has 2 N–H and O–H groups in total. The Morgan fingerprint density at radius 3 is 2.83 bits per heavy atom. The second kappa shape index (κ2) is 8.56. The number of amides is 1. The van der Waals surface area contributed by atoms with E-state index in [9.17, 15) is 10.1 Å². The van der Waals surface area contributed by atoms with E-state index < -0.39 is 0 Å². The number of nitriles is 1. The predicted molar refractivity (Wildman–Crippen MR) is 118 cm³/mol. The Kier molecular flexibility index (Phi) is 5.89. The van der Waals surface area contributed by atoms with Crippen LogP contribution in [0.1, 0.15) is 34.9 Å². The number of hydrogen-bond donors (Lipinski definition) is 2. The van der Waals surface area contributed by atoms with Crippen molar-refractivity contribution in [2.75, 3.05) is 42.9 Å². The molecule has 1 atom stereocenters. The summed E-state index contributed by atoms with van der Waals surface area (Å²) in [7, 11) is 0. The summed E-state index contributed by atoms with van der Waals surface area (Å²) >= 11 is 1.61. The normalized spacial score (nSPS) is 19.5. The first-order valence-corrected chi connectivity index (χ1v) is 11.4. The van der Waals surface area contributed by atoms with Crippen LogP contribution >= 0.6 is 11.3 Å². The van der Waals surface area contributed by atoms with Crippen LogP contribution < -0.4 is 15.1 Å². The van der Waals surface area contributed by atoms with Crippen molar-refractivity contribution in [1.82, 2.24) is 0 Å². The van der Waals surface area contributed by atoms with Crippen molar-refractivity contribution in [2.24, 2.45) is 5.92 Å². The highest BCUT2D eigenvalue weighted by molar-refractivity contribution is 7.16. The molecule has 1 aliphatic carbocycles. The zero-order valence-electron chi connectivity index (χ0n) is 17.3. The van der Waals surface area contributed by atoms with Crippen molar-refractivity contribution in [3.63, 3.8) is 0 Å². The maximum absolute atomic E-state index is 12.7. The van der Waals surface area contributed by atoms with Gasteiger partial charge in [0, 0.05) is 10.6 Å². The highest BCUT2D eigenvalue weighted by atomic mass is 32.1. The molecule has 6 heteroatoms. The molecule has 1 aliphatic heterocycles. The maximum atomic E-state index is 12.7. The predicted octanol–water partition coefficient (Wildman–Crippen LogP) is 2.40. The molecule has 29 heavy (non-hydrogen) atoms. The Bertz CT molecular complexity index is 937. The first kappa shape index (κ1) is 19.9. The van der Waals surface area contributed by atoms with Gasteiger partial charge in [0.1, 0.15) is 11.1 Å². The summed E-state index contributed by atoms with van der Waals surface area (Å²) in [5.74, 6) is 0.678. The molecule has 4 rings (SSSR count). The van der Waals surface area contributed by atoms with Gasteiger partial charge in [0.25, 0.3) is 5.91 Å². The van der Waals surface area contributed by atoms with Gasteiger partial charge in [-0.2, -0.15) is 5.26 Å². The van der Waals surface area contributed by atoms with Gasteiger partial charge in [-0.3, -0.25) is 4.79 Å². The molecule has 2 aliphatic rings. The number of anilines is 2. The number of fused-ring (bicyclic) bond motifs is 1. The first-order valence-electron chi connectivity index (χ1n) is 10.5. The van der Waals surface area contributed by atoms with Crippen LogP contribution in [0.15, 0.2) is 24.3 Å². The summed E-state index contributed by atoms with van der Waals surface area (Å²) in [4.78, 5) is 17.7. The fourth-order valence-corrected chi connectivity index (χ4v) is 5.89. The van der Waals surface area contributed by atoms with Gasteiger partial charge in [0.2, 0.25) is 0 Å². The largest absolute Gasteiger partial charge is 0.360 e. The van der Waals surface area contributed by atoms with Gasteiger partial charge >= 0.3 is 0 Å². The molecule has 1 saturated heterocycles. The molecule has 1 aromatic heterocycles. The summed E-state index contributed by atoms with van der Waals surface area (Å²) in [6.07, 6.45) is 3.11. The molecule has 0 saturated carbocycles. The Labute approximate surface area is 176 Å². The molecule has 1 fully saturated rings. The number of rotatable bonds is 4. The Morgan fingerprint density at radius 2 is 2.10 bits per heavy atom. The third-order valence-corrected chi connectivity index (χ3v) is 7.38. The number of quaternary nitrogens is 1. The van der Waals surface area contributed by atoms with E-state index in [4.69, 9.17) is 0 Å². The lowest BCUT2D eigenvalue weighted by Crippen LogP contribution is -3.15. The monoisotopic (exact) mass is 409 g/mol. The smallest absolute Gasteiger partial charge is 0.280 e. The molecule has 1 aromatic carbocycles. The van der Waals surface area contributed by atoms with Crippen LogP contribution in [0.4, 0.5) is 10.7 Å². The van der Waals surface area contributed by atoms with Gasteiger partial charge in [-0.15, -0.1) is 11.3 Å². The van der Waals surface area contributed by atoms with Crippen molar-refractivity contribution in [1.29, 1.82) is 5.26 Å². The van der Waals surface area contributed by atoms with Crippen LogP contribution in [0.3, 0.4) is 0 Å². The number of nitrogens with zero attached hydrogens (tertiary/aromatic N) is 2. The van der Waals surface area contributed by atoms with E-state index in [0.717, 1.165) is 50.4 Å².